The fourth-order valence-corrected chi connectivity index (χ4v) is 6.16. The molecule has 7 nitrogen and oxygen atoms in total. The average Bonchev–Trinajstić information content (AvgIpc) is 3.60. The molecule has 0 aliphatic carbocycles. The second kappa shape index (κ2) is 11.8. The summed E-state index contributed by atoms with van der Waals surface area (Å²) < 4.78 is 13.3. The van der Waals surface area contributed by atoms with Crippen LogP contribution in [0.5, 0.6) is 0 Å². The third-order valence-corrected chi connectivity index (χ3v) is 8.07. The van der Waals surface area contributed by atoms with E-state index in [1.165, 1.54) is 12.1 Å². The van der Waals surface area contributed by atoms with Crippen LogP contribution >= 0.6 is 11.3 Å². The number of H-pyrrole nitrogens is 1. The van der Waals surface area contributed by atoms with Gasteiger partial charge in [0.05, 0.1) is 6.04 Å². The summed E-state index contributed by atoms with van der Waals surface area (Å²) in [5.41, 5.74) is 3.16. The van der Waals surface area contributed by atoms with E-state index in [4.69, 9.17) is 0 Å². The number of piperazine rings is 1. The molecule has 198 valence electrons. The van der Waals surface area contributed by atoms with Gasteiger partial charge in [-0.3, -0.25) is 14.5 Å². The van der Waals surface area contributed by atoms with E-state index in [1.807, 2.05) is 61.0 Å². The summed E-state index contributed by atoms with van der Waals surface area (Å²) in [7, 11) is 0. The number of nitrogens with zero attached hydrogens (tertiary/aromatic N) is 2. The van der Waals surface area contributed by atoms with Crippen LogP contribution in [-0.4, -0.2) is 60.5 Å². The maximum atomic E-state index is 13.3. The molecule has 9 heteroatoms. The molecule has 1 saturated heterocycles. The molecular formula is C29H32FN5O2S. The molecule has 0 spiro atoms. The van der Waals surface area contributed by atoms with Crippen molar-refractivity contribution in [2.45, 2.75) is 25.4 Å². The van der Waals surface area contributed by atoms with E-state index < -0.39 is 11.8 Å². The zero-order valence-corrected chi connectivity index (χ0v) is 22.1. The van der Waals surface area contributed by atoms with Gasteiger partial charge in [-0.1, -0.05) is 24.3 Å². The molecule has 1 aliphatic rings. The lowest BCUT2D eigenvalue weighted by Crippen LogP contribution is -2.53. The largest absolute Gasteiger partial charge is 0.369 e. The van der Waals surface area contributed by atoms with E-state index >= 15 is 0 Å². The lowest BCUT2D eigenvalue weighted by atomic mass is 10.0. The third kappa shape index (κ3) is 5.89. The van der Waals surface area contributed by atoms with E-state index in [0.29, 0.717) is 13.0 Å². The Bertz CT molecular complexity index is 1360. The first kappa shape index (κ1) is 25.9. The van der Waals surface area contributed by atoms with Crippen molar-refractivity contribution in [3.05, 3.63) is 88.5 Å². The fraction of sp³-hybridized carbons (Fsp3) is 0.310. The number of aromatic nitrogens is 1. The standard InChI is InChI=1S/C29H32FN5O2S/c1-20(33-29(37)28(36)31-13-12-21-19-32-25-6-3-2-5-24(21)25)27(26-7-4-18-38-26)35-16-14-34(15-17-35)23-10-8-22(30)9-11-23/h2-11,18-20,27,32H,12-17H2,1H3,(H,31,36)(H,33,37). The number of hydrogen-bond acceptors (Lipinski definition) is 5. The van der Waals surface area contributed by atoms with Crippen molar-refractivity contribution in [3.8, 4) is 0 Å². The fourth-order valence-electron chi connectivity index (χ4n) is 5.19. The van der Waals surface area contributed by atoms with Crippen LogP contribution in [0.25, 0.3) is 10.9 Å². The van der Waals surface area contributed by atoms with Crippen LogP contribution in [0.4, 0.5) is 10.1 Å². The molecule has 3 heterocycles. The Hall–Kier alpha value is -3.69. The molecule has 38 heavy (non-hydrogen) atoms. The molecule has 0 saturated carbocycles. The number of aromatic amines is 1. The van der Waals surface area contributed by atoms with E-state index in [-0.39, 0.29) is 17.9 Å². The van der Waals surface area contributed by atoms with Gasteiger partial charge in [-0.15, -0.1) is 11.3 Å². The highest BCUT2D eigenvalue weighted by atomic mass is 32.1. The smallest absolute Gasteiger partial charge is 0.309 e. The van der Waals surface area contributed by atoms with Gasteiger partial charge in [-0.25, -0.2) is 4.39 Å². The number of nitrogens with one attached hydrogen (secondary N) is 3. The van der Waals surface area contributed by atoms with E-state index in [9.17, 15) is 14.0 Å². The zero-order valence-electron chi connectivity index (χ0n) is 21.3. The number of para-hydroxylation sites is 1. The van der Waals surface area contributed by atoms with Gasteiger partial charge in [-0.2, -0.15) is 0 Å². The van der Waals surface area contributed by atoms with Gasteiger partial charge in [0.1, 0.15) is 5.82 Å². The molecule has 0 radical (unpaired) electrons. The monoisotopic (exact) mass is 533 g/mol. The third-order valence-electron chi connectivity index (χ3n) is 7.13. The van der Waals surface area contributed by atoms with Crippen molar-refractivity contribution in [1.29, 1.82) is 0 Å². The van der Waals surface area contributed by atoms with Crippen LogP contribution in [0.1, 0.15) is 23.4 Å². The summed E-state index contributed by atoms with van der Waals surface area (Å²) in [6, 6.07) is 18.4. The first-order valence-electron chi connectivity index (χ1n) is 12.9. The SMILES string of the molecule is CC(NC(=O)C(=O)NCCc1c[nH]c2ccccc12)C(c1cccs1)N1CCN(c2ccc(F)cc2)CC1. The highest BCUT2D eigenvalue weighted by molar-refractivity contribution is 7.10. The normalized spacial score (nSPS) is 15.8. The van der Waals surface area contributed by atoms with Crippen LogP contribution in [0.15, 0.2) is 72.2 Å². The molecule has 5 rings (SSSR count). The van der Waals surface area contributed by atoms with Gasteiger partial charge >= 0.3 is 11.8 Å². The molecule has 1 aliphatic heterocycles. The Morgan fingerprint density at radius 1 is 1.00 bits per heavy atom. The minimum atomic E-state index is -0.622. The summed E-state index contributed by atoms with van der Waals surface area (Å²) in [5.74, 6) is -1.48. The summed E-state index contributed by atoms with van der Waals surface area (Å²) >= 11 is 1.65. The van der Waals surface area contributed by atoms with Crippen LogP contribution in [0, 0.1) is 5.82 Å². The van der Waals surface area contributed by atoms with E-state index in [0.717, 1.165) is 53.2 Å². The summed E-state index contributed by atoms with van der Waals surface area (Å²) in [5, 5.41) is 8.86. The Balaban J connectivity index is 1.16. The zero-order chi connectivity index (χ0) is 26.5. The lowest BCUT2D eigenvalue weighted by Gasteiger charge is -2.42. The van der Waals surface area contributed by atoms with Crippen LogP contribution in [0.2, 0.25) is 0 Å². The van der Waals surface area contributed by atoms with Crippen molar-refractivity contribution in [1.82, 2.24) is 20.5 Å². The van der Waals surface area contributed by atoms with Crippen molar-refractivity contribution < 1.29 is 14.0 Å². The highest BCUT2D eigenvalue weighted by Gasteiger charge is 2.32. The van der Waals surface area contributed by atoms with Gasteiger partial charge in [0.2, 0.25) is 0 Å². The summed E-state index contributed by atoms with van der Waals surface area (Å²) in [6.45, 7) is 5.50. The molecule has 2 aromatic carbocycles. The van der Waals surface area contributed by atoms with Gasteiger partial charge in [-0.05, 0) is 60.7 Å². The molecule has 0 bridgehead atoms. The number of rotatable bonds is 8. The average molecular weight is 534 g/mol. The number of thiophene rings is 1. The Kier molecular flexibility index (Phi) is 8.05. The van der Waals surface area contributed by atoms with Crippen LogP contribution < -0.4 is 15.5 Å². The van der Waals surface area contributed by atoms with E-state index in [1.54, 1.807) is 11.3 Å². The van der Waals surface area contributed by atoms with Crippen molar-refractivity contribution in [2.75, 3.05) is 37.6 Å². The van der Waals surface area contributed by atoms with E-state index in [2.05, 4.69) is 31.5 Å². The van der Waals surface area contributed by atoms with Gasteiger partial charge in [0.25, 0.3) is 0 Å². The number of anilines is 1. The number of amides is 2. The second-order valence-electron chi connectivity index (χ2n) is 9.59. The molecule has 3 N–H and O–H groups in total. The van der Waals surface area contributed by atoms with Crippen molar-refractivity contribution in [2.24, 2.45) is 0 Å². The van der Waals surface area contributed by atoms with Crippen LogP contribution in [-0.2, 0) is 16.0 Å². The predicted octanol–water partition coefficient (Wildman–Crippen LogP) is 4.10. The van der Waals surface area contributed by atoms with Crippen LogP contribution in [0.3, 0.4) is 0 Å². The van der Waals surface area contributed by atoms with Gasteiger partial charge in [0.15, 0.2) is 0 Å². The number of benzene rings is 2. The van der Waals surface area contributed by atoms with Gasteiger partial charge < -0.3 is 20.5 Å². The number of fused-ring (bicyclic) bond motifs is 1. The summed E-state index contributed by atoms with van der Waals surface area (Å²) in [4.78, 5) is 34.4. The molecular weight excluding hydrogens is 501 g/mol. The Morgan fingerprint density at radius 2 is 1.76 bits per heavy atom. The maximum absolute atomic E-state index is 13.3. The molecule has 2 atom stereocenters. The first-order chi connectivity index (χ1) is 18.5. The molecule has 2 unspecified atom stereocenters. The number of hydrogen-bond donors (Lipinski definition) is 3. The topological polar surface area (TPSA) is 80.5 Å². The van der Waals surface area contributed by atoms with Crippen molar-refractivity contribution >= 4 is 39.7 Å². The molecule has 1 fully saturated rings. The molecule has 2 aromatic heterocycles. The molecule has 4 aromatic rings. The van der Waals surface area contributed by atoms with Gasteiger partial charge in [0, 0.05) is 66.4 Å². The predicted molar refractivity (Wildman–Crippen MR) is 150 cm³/mol. The summed E-state index contributed by atoms with van der Waals surface area (Å²) in [6.07, 6.45) is 2.58. The molecule has 2 amide bonds. The second-order valence-corrected chi connectivity index (χ2v) is 10.6. The lowest BCUT2D eigenvalue weighted by molar-refractivity contribution is -0.139. The quantitative estimate of drug-likeness (QED) is 0.298. The van der Waals surface area contributed by atoms with Crippen molar-refractivity contribution in [3.63, 3.8) is 0 Å². The minimum absolute atomic E-state index is 0.0478. The Morgan fingerprint density at radius 3 is 2.50 bits per heavy atom. The first-order valence-corrected chi connectivity index (χ1v) is 13.8. The highest BCUT2D eigenvalue weighted by Crippen LogP contribution is 2.30. The minimum Gasteiger partial charge on any atom is -0.369 e. The number of halogens is 1. The number of carbonyl (C=O) groups excluding carboxylic acids is 2. The Labute approximate surface area is 225 Å². The maximum Gasteiger partial charge on any atom is 0.309 e. The number of carbonyl (C=O) groups is 2.